The number of thioether (sulfide) groups is 1. The fraction of sp³-hybridized carbons (Fsp3) is 0.111. The predicted octanol–water partition coefficient (Wildman–Crippen LogP) is 2.94. The Labute approximate surface area is 179 Å². The largest absolute Gasteiger partial charge is 0.497 e. The van der Waals surface area contributed by atoms with E-state index in [-0.39, 0.29) is 17.6 Å². The van der Waals surface area contributed by atoms with Crippen molar-refractivity contribution < 1.29 is 9.53 Å². The van der Waals surface area contributed by atoms with Crippen molar-refractivity contribution in [3.05, 3.63) is 58.6 Å². The molecule has 1 amide bonds. The predicted molar refractivity (Wildman–Crippen MR) is 118 cm³/mol. The molecule has 0 atom stereocenters. The molecule has 0 spiro atoms. The van der Waals surface area contributed by atoms with Gasteiger partial charge in [0.15, 0.2) is 0 Å². The van der Waals surface area contributed by atoms with Gasteiger partial charge in [0.25, 0.3) is 5.95 Å². The van der Waals surface area contributed by atoms with E-state index in [9.17, 15) is 4.79 Å². The smallest absolute Gasteiger partial charge is 0.264 e. The van der Waals surface area contributed by atoms with Gasteiger partial charge >= 0.3 is 0 Å². The molecule has 0 fully saturated rings. The van der Waals surface area contributed by atoms with Crippen molar-refractivity contribution in [1.29, 1.82) is 0 Å². The summed E-state index contributed by atoms with van der Waals surface area (Å²) in [5, 5.41) is 15.2. The molecule has 0 bridgehead atoms. The van der Waals surface area contributed by atoms with Crippen molar-refractivity contribution in [2.75, 3.05) is 29.4 Å². The number of ether oxygens (including phenoxy) is 1. The molecule has 4 N–H and O–H groups in total. The van der Waals surface area contributed by atoms with Gasteiger partial charge in [0.05, 0.1) is 19.1 Å². The maximum absolute atomic E-state index is 12.1. The molecule has 11 heteroatoms. The van der Waals surface area contributed by atoms with E-state index in [4.69, 9.17) is 10.6 Å². The van der Waals surface area contributed by atoms with Gasteiger partial charge in [0.1, 0.15) is 5.75 Å². The first kappa shape index (κ1) is 20.7. The number of carbonyl (C=O) groups is 1. The lowest BCUT2D eigenvalue weighted by atomic mass is 10.2. The minimum atomic E-state index is -0.178. The van der Waals surface area contributed by atoms with Crippen LogP contribution in [0.1, 0.15) is 5.56 Å². The highest BCUT2D eigenvalue weighted by molar-refractivity contribution is 9.10. The van der Waals surface area contributed by atoms with E-state index in [0.717, 1.165) is 15.8 Å². The molecular weight excluding hydrogens is 458 g/mol. The number of anilines is 2. The molecule has 0 saturated heterocycles. The van der Waals surface area contributed by atoms with Gasteiger partial charge in [0.2, 0.25) is 11.1 Å². The summed E-state index contributed by atoms with van der Waals surface area (Å²) < 4.78 is 7.23. The van der Waals surface area contributed by atoms with Crippen LogP contribution in [-0.4, -0.2) is 39.9 Å². The van der Waals surface area contributed by atoms with Crippen LogP contribution in [0.5, 0.6) is 5.75 Å². The van der Waals surface area contributed by atoms with E-state index < -0.39 is 0 Å². The van der Waals surface area contributed by atoms with Gasteiger partial charge in [-0.3, -0.25) is 4.79 Å². The summed E-state index contributed by atoms with van der Waals surface area (Å²) in [5.41, 5.74) is 4.31. The summed E-state index contributed by atoms with van der Waals surface area (Å²) in [6, 6.07) is 14.7. The molecule has 0 saturated carbocycles. The minimum absolute atomic E-state index is 0.136. The molecule has 0 aliphatic rings. The van der Waals surface area contributed by atoms with Gasteiger partial charge in [-0.1, -0.05) is 33.8 Å². The Hall–Kier alpha value is -3.05. The van der Waals surface area contributed by atoms with E-state index in [1.165, 1.54) is 16.4 Å². The van der Waals surface area contributed by atoms with Crippen LogP contribution in [0.4, 0.5) is 11.6 Å². The lowest BCUT2D eigenvalue weighted by molar-refractivity contribution is -0.113. The molecule has 9 nitrogen and oxygen atoms in total. The van der Waals surface area contributed by atoms with E-state index in [0.29, 0.717) is 10.8 Å². The number of aromatic nitrogens is 3. The zero-order valence-electron chi connectivity index (χ0n) is 15.4. The molecule has 2 aromatic carbocycles. The van der Waals surface area contributed by atoms with Crippen LogP contribution in [0.3, 0.4) is 0 Å². The second-order valence-corrected chi connectivity index (χ2v) is 7.52. The van der Waals surface area contributed by atoms with E-state index >= 15 is 0 Å². The fourth-order valence-corrected chi connectivity index (χ4v) is 3.26. The third-order valence-corrected chi connectivity index (χ3v) is 5.04. The second kappa shape index (κ2) is 9.94. The van der Waals surface area contributed by atoms with Crippen LogP contribution in [0.15, 0.2) is 63.3 Å². The van der Waals surface area contributed by atoms with E-state index in [1.54, 1.807) is 13.3 Å². The summed E-state index contributed by atoms with van der Waals surface area (Å²) >= 11 is 4.53. The first-order valence-corrected chi connectivity index (χ1v) is 10.1. The molecule has 0 radical (unpaired) electrons. The Bertz CT molecular complexity index is 1010. The van der Waals surface area contributed by atoms with Gasteiger partial charge in [-0.15, -0.1) is 10.2 Å². The van der Waals surface area contributed by atoms with Crippen LogP contribution < -0.4 is 21.3 Å². The Kier molecular flexibility index (Phi) is 7.09. The molecular formula is C18H18BrN7O2S. The average molecular weight is 476 g/mol. The molecule has 1 heterocycles. The summed E-state index contributed by atoms with van der Waals surface area (Å²) in [7, 11) is 1.61. The van der Waals surface area contributed by atoms with Crippen molar-refractivity contribution in [2.24, 2.45) is 5.10 Å². The SMILES string of the molecule is COc1ccc(/C=N/Nc2nnc(SCC(=O)Nc3cccc(Br)c3)n2N)cc1. The maximum Gasteiger partial charge on any atom is 0.264 e. The Morgan fingerprint density at radius 3 is 2.83 bits per heavy atom. The number of benzene rings is 2. The topological polar surface area (TPSA) is 119 Å². The highest BCUT2D eigenvalue weighted by Crippen LogP contribution is 2.19. The van der Waals surface area contributed by atoms with E-state index in [1.807, 2.05) is 48.5 Å². The average Bonchev–Trinajstić information content (AvgIpc) is 3.06. The molecule has 1 aromatic heterocycles. The monoisotopic (exact) mass is 475 g/mol. The zero-order chi connectivity index (χ0) is 20.6. The number of methoxy groups -OCH3 is 1. The molecule has 150 valence electrons. The first-order chi connectivity index (χ1) is 14.0. The number of hydrogen-bond acceptors (Lipinski definition) is 8. The third-order valence-electron chi connectivity index (χ3n) is 3.60. The quantitative estimate of drug-likeness (QED) is 0.198. The third kappa shape index (κ3) is 5.96. The lowest BCUT2D eigenvalue weighted by Gasteiger charge is -2.05. The lowest BCUT2D eigenvalue weighted by Crippen LogP contribution is -2.16. The van der Waals surface area contributed by atoms with Crippen LogP contribution in [0.2, 0.25) is 0 Å². The van der Waals surface area contributed by atoms with Crippen molar-refractivity contribution in [1.82, 2.24) is 14.9 Å². The Balaban J connectivity index is 1.52. The van der Waals surface area contributed by atoms with Gasteiger partial charge in [-0.05, 0) is 48.0 Å². The standard InChI is InChI=1S/C18H18BrN7O2S/c1-28-15-7-5-12(6-8-15)10-21-23-17-24-25-18(26(17)20)29-11-16(27)22-14-4-2-3-13(19)9-14/h2-10H,11,20H2,1H3,(H,22,27)(H,23,24)/b21-10+. The van der Waals surface area contributed by atoms with Crippen molar-refractivity contribution in [3.63, 3.8) is 0 Å². The number of hydrazone groups is 1. The van der Waals surface area contributed by atoms with Crippen molar-refractivity contribution in [2.45, 2.75) is 5.16 Å². The van der Waals surface area contributed by atoms with Crippen molar-refractivity contribution >= 4 is 51.4 Å². The first-order valence-electron chi connectivity index (χ1n) is 8.37. The summed E-state index contributed by atoms with van der Waals surface area (Å²) in [6.07, 6.45) is 1.62. The zero-order valence-corrected chi connectivity index (χ0v) is 17.8. The van der Waals surface area contributed by atoms with Gasteiger partial charge in [0, 0.05) is 10.2 Å². The number of nitrogen functional groups attached to an aromatic ring is 1. The highest BCUT2D eigenvalue weighted by atomic mass is 79.9. The van der Waals surface area contributed by atoms with E-state index in [2.05, 4.69) is 42.0 Å². The summed E-state index contributed by atoms with van der Waals surface area (Å²) in [6.45, 7) is 0. The number of halogens is 1. The molecule has 0 unspecified atom stereocenters. The van der Waals surface area contributed by atoms with Crippen LogP contribution in [-0.2, 0) is 4.79 Å². The fourth-order valence-electron chi connectivity index (χ4n) is 2.20. The maximum atomic E-state index is 12.1. The van der Waals surface area contributed by atoms with Gasteiger partial charge in [-0.25, -0.2) is 10.1 Å². The number of amides is 1. The molecule has 0 aliphatic carbocycles. The number of rotatable bonds is 8. The number of nitrogens with one attached hydrogen (secondary N) is 2. The van der Waals surface area contributed by atoms with Crippen molar-refractivity contribution in [3.8, 4) is 5.75 Å². The second-order valence-electron chi connectivity index (χ2n) is 5.67. The van der Waals surface area contributed by atoms with Gasteiger partial charge < -0.3 is 15.9 Å². The molecule has 3 aromatic rings. The molecule has 0 aliphatic heterocycles. The number of hydrogen-bond donors (Lipinski definition) is 3. The molecule has 3 rings (SSSR count). The summed E-state index contributed by atoms with van der Waals surface area (Å²) in [4.78, 5) is 12.1. The number of nitrogens with zero attached hydrogens (tertiary/aromatic N) is 4. The normalized spacial score (nSPS) is 10.8. The minimum Gasteiger partial charge on any atom is -0.497 e. The van der Waals surface area contributed by atoms with Crippen LogP contribution in [0.25, 0.3) is 0 Å². The summed E-state index contributed by atoms with van der Waals surface area (Å²) in [5.74, 6) is 6.94. The highest BCUT2D eigenvalue weighted by Gasteiger charge is 2.12. The van der Waals surface area contributed by atoms with Gasteiger partial charge in [-0.2, -0.15) is 5.10 Å². The number of carbonyl (C=O) groups excluding carboxylic acids is 1. The molecule has 29 heavy (non-hydrogen) atoms. The van der Waals surface area contributed by atoms with Crippen LogP contribution >= 0.6 is 27.7 Å². The van der Waals surface area contributed by atoms with Crippen LogP contribution in [0, 0.1) is 0 Å². The Morgan fingerprint density at radius 1 is 1.31 bits per heavy atom. The number of nitrogens with two attached hydrogens (primary N) is 1. The Morgan fingerprint density at radius 2 is 2.10 bits per heavy atom.